The highest BCUT2D eigenvalue weighted by Gasteiger charge is 2.32. The Hall–Kier alpha value is -5.80. The normalized spacial score (nSPS) is 13.9. The predicted octanol–water partition coefficient (Wildman–Crippen LogP) is 7.53. The third kappa shape index (κ3) is 6.04. The van der Waals surface area contributed by atoms with Crippen molar-refractivity contribution in [2.75, 3.05) is 0 Å². The van der Waals surface area contributed by atoms with Crippen molar-refractivity contribution >= 4 is 5.97 Å². The molecule has 2 N–H and O–H groups in total. The van der Waals surface area contributed by atoms with Gasteiger partial charge in [0, 0.05) is 11.6 Å². The maximum absolute atomic E-state index is 13.6. The molecule has 0 saturated heterocycles. The fraction of sp³-hybridized carbons (Fsp3) is 0.105. The van der Waals surface area contributed by atoms with E-state index in [0.29, 0.717) is 29.4 Å². The standard InChI is InChI=1S/C38H30N2O4/c1-25-12-14-26(15-13-25)24-42-30-18-16-29(17-19-30)36-32-21-20-31(22-34(32)44-37(40)33(36)23-39)43-38(41)35(27-8-4-2-5-9-27)28-10-6-3-7-11-28/h2-22,35-36H,24,40H2,1H3. The molecule has 6 heteroatoms. The van der Waals surface area contributed by atoms with Crippen LogP contribution in [0.3, 0.4) is 0 Å². The molecule has 6 nitrogen and oxygen atoms in total. The third-order valence-electron chi connectivity index (χ3n) is 7.65. The summed E-state index contributed by atoms with van der Waals surface area (Å²) in [7, 11) is 0. The monoisotopic (exact) mass is 578 g/mol. The molecule has 44 heavy (non-hydrogen) atoms. The molecule has 0 spiro atoms. The van der Waals surface area contributed by atoms with Gasteiger partial charge in [0.15, 0.2) is 0 Å². The summed E-state index contributed by atoms with van der Waals surface area (Å²) in [6.45, 7) is 2.50. The topological polar surface area (TPSA) is 94.6 Å². The van der Waals surface area contributed by atoms with Crippen LogP contribution >= 0.6 is 0 Å². The second-order valence-electron chi connectivity index (χ2n) is 10.6. The molecule has 216 valence electrons. The van der Waals surface area contributed by atoms with Gasteiger partial charge in [-0.3, -0.25) is 4.79 Å². The minimum atomic E-state index is -0.607. The summed E-state index contributed by atoms with van der Waals surface area (Å²) in [4.78, 5) is 13.6. The molecule has 1 aliphatic heterocycles. The molecular formula is C38H30N2O4. The number of carbonyl (C=O) groups is 1. The fourth-order valence-electron chi connectivity index (χ4n) is 5.38. The van der Waals surface area contributed by atoms with Gasteiger partial charge in [0.1, 0.15) is 41.4 Å². The quantitative estimate of drug-likeness (QED) is 0.151. The first-order chi connectivity index (χ1) is 21.5. The van der Waals surface area contributed by atoms with E-state index in [9.17, 15) is 10.1 Å². The highest BCUT2D eigenvalue weighted by atomic mass is 16.5. The third-order valence-corrected chi connectivity index (χ3v) is 7.65. The molecule has 5 aromatic rings. The van der Waals surface area contributed by atoms with Gasteiger partial charge in [0.2, 0.25) is 5.88 Å². The van der Waals surface area contributed by atoms with Gasteiger partial charge >= 0.3 is 5.97 Å². The fourth-order valence-corrected chi connectivity index (χ4v) is 5.38. The van der Waals surface area contributed by atoms with Crippen LogP contribution in [0, 0.1) is 18.3 Å². The van der Waals surface area contributed by atoms with Gasteiger partial charge in [-0.1, -0.05) is 109 Å². The Labute approximate surface area is 256 Å². The van der Waals surface area contributed by atoms with Crippen molar-refractivity contribution < 1.29 is 19.0 Å². The SMILES string of the molecule is Cc1ccc(COc2ccc(C3C(C#N)=C(N)Oc4cc(OC(=O)C(c5ccccc5)c5ccccc5)ccc43)cc2)cc1. The average Bonchev–Trinajstić information content (AvgIpc) is 3.05. The first-order valence-electron chi connectivity index (χ1n) is 14.3. The molecule has 1 atom stereocenters. The van der Waals surface area contributed by atoms with E-state index >= 15 is 0 Å². The number of nitriles is 1. The number of rotatable bonds is 8. The summed E-state index contributed by atoms with van der Waals surface area (Å²) < 4.78 is 17.8. The molecular weight excluding hydrogens is 548 g/mol. The minimum absolute atomic E-state index is 0.0135. The van der Waals surface area contributed by atoms with E-state index in [1.54, 1.807) is 12.1 Å². The second kappa shape index (κ2) is 12.6. The maximum atomic E-state index is 13.6. The van der Waals surface area contributed by atoms with Gasteiger partial charge in [0.05, 0.1) is 5.92 Å². The molecule has 0 radical (unpaired) electrons. The highest BCUT2D eigenvalue weighted by Crippen LogP contribution is 2.44. The van der Waals surface area contributed by atoms with Crippen LogP contribution in [0.1, 0.15) is 45.2 Å². The molecule has 0 aliphatic carbocycles. The van der Waals surface area contributed by atoms with Crippen LogP contribution in [-0.4, -0.2) is 5.97 Å². The van der Waals surface area contributed by atoms with Crippen molar-refractivity contribution in [2.24, 2.45) is 5.73 Å². The largest absolute Gasteiger partial charge is 0.489 e. The summed E-state index contributed by atoms with van der Waals surface area (Å²) in [6.07, 6.45) is 0. The van der Waals surface area contributed by atoms with E-state index < -0.39 is 17.8 Å². The average molecular weight is 579 g/mol. The van der Waals surface area contributed by atoms with Gasteiger partial charge in [-0.15, -0.1) is 0 Å². The van der Waals surface area contributed by atoms with Crippen LogP contribution in [-0.2, 0) is 11.4 Å². The minimum Gasteiger partial charge on any atom is -0.489 e. The molecule has 1 heterocycles. The number of allylic oxidation sites excluding steroid dienone is 1. The Morgan fingerprint density at radius 3 is 2.07 bits per heavy atom. The number of carbonyl (C=O) groups excluding carboxylic acids is 1. The summed E-state index contributed by atoms with van der Waals surface area (Å²) in [6, 6.07) is 42.3. The number of benzene rings is 5. The van der Waals surface area contributed by atoms with Crippen molar-refractivity contribution in [3.63, 3.8) is 0 Å². The van der Waals surface area contributed by atoms with Crippen molar-refractivity contribution in [2.45, 2.75) is 25.4 Å². The van der Waals surface area contributed by atoms with Crippen LogP contribution in [0.25, 0.3) is 0 Å². The lowest BCUT2D eigenvalue weighted by Crippen LogP contribution is -2.22. The molecule has 5 aromatic carbocycles. The number of esters is 1. The molecule has 0 saturated carbocycles. The van der Waals surface area contributed by atoms with Crippen molar-refractivity contribution in [3.05, 3.63) is 172 Å². The van der Waals surface area contributed by atoms with Crippen molar-refractivity contribution in [1.29, 1.82) is 5.26 Å². The highest BCUT2D eigenvalue weighted by molar-refractivity contribution is 5.84. The van der Waals surface area contributed by atoms with Crippen LogP contribution in [0.4, 0.5) is 0 Å². The predicted molar refractivity (Wildman–Crippen MR) is 168 cm³/mol. The number of hydrogen-bond acceptors (Lipinski definition) is 6. The van der Waals surface area contributed by atoms with E-state index in [1.165, 1.54) is 5.56 Å². The zero-order valence-electron chi connectivity index (χ0n) is 24.1. The zero-order chi connectivity index (χ0) is 30.5. The van der Waals surface area contributed by atoms with Gasteiger partial charge in [-0.05, 0) is 47.4 Å². The van der Waals surface area contributed by atoms with Gasteiger partial charge < -0.3 is 19.9 Å². The van der Waals surface area contributed by atoms with Crippen LogP contribution < -0.4 is 19.9 Å². The molecule has 0 aromatic heterocycles. The van der Waals surface area contributed by atoms with E-state index in [2.05, 4.69) is 25.1 Å². The Kier molecular flexibility index (Phi) is 8.11. The summed E-state index contributed by atoms with van der Waals surface area (Å²) in [5, 5.41) is 9.99. The smallest absolute Gasteiger partial charge is 0.323 e. The Balaban J connectivity index is 1.24. The molecule has 1 unspecified atom stereocenters. The van der Waals surface area contributed by atoms with Crippen LogP contribution in [0.2, 0.25) is 0 Å². The maximum Gasteiger partial charge on any atom is 0.323 e. The number of fused-ring (bicyclic) bond motifs is 1. The molecule has 1 aliphatic rings. The zero-order valence-corrected chi connectivity index (χ0v) is 24.1. The van der Waals surface area contributed by atoms with Crippen LogP contribution in [0.15, 0.2) is 139 Å². The van der Waals surface area contributed by atoms with Crippen molar-refractivity contribution in [1.82, 2.24) is 0 Å². The number of nitrogens with two attached hydrogens (primary N) is 1. The molecule has 0 amide bonds. The van der Waals surface area contributed by atoms with Gasteiger partial charge in [0.25, 0.3) is 0 Å². The number of ether oxygens (including phenoxy) is 3. The second-order valence-corrected chi connectivity index (χ2v) is 10.6. The van der Waals surface area contributed by atoms with E-state index in [-0.39, 0.29) is 5.88 Å². The Morgan fingerprint density at radius 2 is 1.45 bits per heavy atom. The lowest BCUT2D eigenvalue weighted by molar-refractivity contribution is -0.135. The first kappa shape index (κ1) is 28.3. The molecule has 6 rings (SSSR count). The summed E-state index contributed by atoms with van der Waals surface area (Å²) in [5.74, 6) is -0.0163. The first-order valence-corrected chi connectivity index (χ1v) is 14.3. The van der Waals surface area contributed by atoms with Gasteiger partial charge in [-0.25, -0.2) is 0 Å². The van der Waals surface area contributed by atoms with E-state index in [0.717, 1.165) is 27.8 Å². The number of hydrogen-bond donors (Lipinski definition) is 1. The summed E-state index contributed by atoms with van der Waals surface area (Å²) >= 11 is 0. The van der Waals surface area contributed by atoms with Crippen LogP contribution in [0.5, 0.6) is 17.2 Å². The van der Waals surface area contributed by atoms with Crippen molar-refractivity contribution in [3.8, 4) is 23.3 Å². The van der Waals surface area contributed by atoms with Gasteiger partial charge in [-0.2, -0.15) is 5.26 Å². The number of aryl methyl sites for hydroxylation is 1. The summed E-state index contributed by atoms with van der Waals surface area (Å²) in [5.41, 5.74) is 12.1. The van der Waals surface area contributed by atoms with E-state index in [1.807, 2.05) is 103 Å². The lowest BCUT2D eigenvalue weighted by Gasteiger charge is -2.27. The molecule has 0 fully saturated rings. The Morgan fingerprint density at radius 1 is 0.841 bits per heavy atom. The number of nitrogens with zero attached hydrogens (tertiary/aromatic N) is 1. The molecule has 0 bridgehead atoms. The van der Waals surface area contributed by atoms with E-state index in [4.69, 9.17) is 19.9 Å². The lowest BCUT2D eigenvalue weighted by atomic mass is 9.83. The Bertz CT molecular complexity index is 1800.